The van der Waals surface area contributed by atoms with Crippen molar-refractivity contribution in [3.8, 4) is 0 Å². The van der Waals surface area contributed by atoms with Crippen LogP contribution in [0.4, 0.5) is 0 Å². The number of aryl methyl sites for hydroxylation is 2. The van der Waals surface area contributed by atoms with Gasteiger partial charge in [0.25, 0.3) is 0 Å². The molecule has 0 fully saturated rings. The summed E-state index contributed by atoms with van der Waals surface area (Å²) in [6.45, 7) is 4.97. The van der Waals surface area contributed by atoms with E-state index < -0.39 is 0 Å². The van der Waals surface area contributed by atoms with E-state index in [1.807, 2.05) is 26.0 Å². The monoisotopic (exact) mass is 227 g/mol. The number of hydrogen-bond acceptors (Lipinski definition) is 1. The van der Waals surface area contributed by atoms with Crippen molar-refractivity contribution in [1.29, 1.82) is 0 Å². The third-order valence-electron chi connectivity index (χ3n) is 3.21. The van der Waals surface area contributed by atoms with Gasteiger partial charge in [0.15, 0.2) is 6.29 Å². The van der Waals surface area contributed by atoms with Crippen molar-refractivity contribution in [3.63, 3.8) is 0 Å². The summed E-state index contributed by atoms with van der Waals surface area (Å²) in [5.74, 6) is 0. The average Bonchev–Trinajstić information content (AvgIpc) is 2.63. The molecular formula is C15H17NO. The van der Waals surface area contributed by atoms with Gasteiger partial charge in [-0.2, -0.15) is 0 Å². The van der Waals surface area contributed by atoms with E-state index in [4.69, 9.17) is 0 Å². The Morgan fingerprint density at radius 3 is 2.47 bits per heavy atom. The van der Waals surface area contributed by atoms with Gasteiger partial charge in [0, 0.05) is 23.5 Å². The first-order valence-electron chi connectivity index (χ1n) is 5.88. The molecule has 0 saturated carbocycles. The predicted octanol–water partition coefficient (Wildman–Crippen LogP) is 3.16. The molecule has 1 aromatic carbocycles. The van der Waals surface area contributed by atoms with Crippen molar-refractivity contribution in [3.05, 3.63) is 58.9 Å². The van der Waals surface area contributed by atoms with Crippen LogP contribution in [0.25, 0.3) is 0 Å². The van der Waals surface area contributed by atoms with Crippen LogP contribution in [-0.4, -0.2) is 10.9 Å². The first-order chi connectivity index (χ1) is 8.22. The second kappa shape index (κ2) is 5.00. The lowest BCUT2D eigenvalue weighted by Gasteiger charge is -2.09. The molecule has 0 aliphatic carbocycles. The Bertz CT molecular complexity index is 511. The summed E-state index contributed by atoms with van der Waals surface area (Å²) in [6.07, 6.45) is 1.93. The van der Waals surface area contributed by atoms with Gasteiger partial charge in [0.2, 0.25) is 0 Å². The van der Waals surface area contributed by atoms with Crippen molar-refractivity contribution >= 4 is 6.29 Å². The van der Waals surface area contributed by atoms with Crippen LogP contribution in [0.5, 0.6) is 0 Å². The molecule has 0 spiro atoms. The maximum Gasteiger partial charge on any atom is 0.151 e. The van der Waals surface area contributed by atoms with Crippen LogP contribution in [0.15, 0.2) is 36.4 Å². The van der Waals surface area contributed by atoms with Crippen molar-refractivity contribution in [1.82, 2.24) is 4.57 Å². The standard InChI is InChI=1S/C15H17NO/c1-12-10-15(11-17)13(2)16(12)9-8-14-6-4-3-5-7-14/h3-7,10-11H,8-9H2,1-2H3. The highest BCUT2D eigenvalue weighted by Gasteiger charge is 2.07. The number of carbonyl (C=O) groups excluding carboxylic acids is 1. The SMILES string of the molecule is Cc1cc(C=O)c(C)n1CCc1ccccc1. The van der Waals surface area contributed by atoms with E-state index in [2.05, 4.69) is 28.8 Å². The van der Waals surface area contributed by atoms with E-state index in [0.717, 1.165) is 36.2 Å². The molecule has 17 heavy (non-hydrogen) atoms. The molecule has 0 aliphatic rings. The summed E-state index contributed by atoms with van der Waals surface area (Å²) in [5, 5.41) is 0. The Morgan fingerprint density at radius 1 is 1.18 bits per heavy atom. The molecule has 0 atom stereocenters. The molecule has 0 radical (unpaired) electrons. The van der Waals surface area contributed by atoms with Crippen LogP contribution in [0.3, 0.4) is 0 Å². The highest BCUT2D eigenvalue weighted by atomic mass is 16.1. The zero-order valence-corrected chi connectivity index (χ0v) is 10.3. The summed E-state index contributed by atoms with van der Waals surface area (Å²) in [4.78, 5) is 10.9. The number of carbonyl (C=O) groups is 1. The summed E-state index contributed by atoms with van der Waals surface area (Å²) < 4.78 is 2.21. The molecule has 0 N–H and O–H groups in total. The number of hydrogen-bond donors (Lipinski definition) is 0. The van der Waals surface area contributed by atoms with E-state index in [-0.39, 0.29) is 0 Å². The first kappa shape index (κ1) is 11.6. The van der Waals surface area contributed by atoms with Gasteiger partial charge in [-0.3, -0.25) is 4.79 Å². The molecular weight excluding hydrogens is 210 g/mol. The summed E-state index contributed by atoms with van der Waals surface area (Å²) in [7, 11) is 0. The zero-order valence-electron chi connectivity index (χ0n) is 10.3. The minimum atomic E-state index is 0.801. The molecule has 2 nitrogen and oxygen atoms in total. The molecule has 0 amide bonds. The second-order valence-electron chi connectivity index (χ2n) is 4.33. The van der Waals surface area contributed by atoms with Crippen LogP contribution in [0.1, 0.15) is 27.3 Å². The Balaban J connectivity index is 2.14. The Labute approximate surface area is 102 Å². The van der Waals surface area contributed by atoms with E-state index in [1.54, 1.807) is 0 Å². The normalized spacial score (nSPS) is 10.5. The lowest BCUT2D eigenvalue weighted by atomic mass is 10.1. The molecule has 2 aromatic rings. The Hall–Kier alpha value is -1.83. The van der Waals surface area contributed by atoms with Gasteiger partial charge in [0.05, 0.1) is 0 Å². The summed E-state index contributed by atoms with van der Waals surface area (Å²) in [6, 6.07) is 12.4. The quantitative estimate of drug-likeness (QED) is 0.735. The van der Waals surface area contributed by atoms with Crippen molar-refractivity contribution < 1.29 is 4.79 Å². The van der Waals surface area contributed by atoms with Crippen LogP contribution in [-0.2, 0) is 13.0 Å². The van der Waals surface area contributed by atoms with Crippen molar-refractivity contribution in [2.75, 3.05) is 0 Å². The first-order valence-corrected chi connectivity index (χ1v) is 5.88. The van der Waals surface area contributed by atoms with Gasteiger partial charge in [-0.15, -0.1) is 0 Å². The molecule has 0 saturated heterocycles. The number of rotatable bonds is 4. The predicted molar refractivity (Wildman–Crippen MR) is 69.4 cm³/mol. The highest BCUT2D eigenvalue weighted by Crippen LogP contribution is 2.14. The van der Waals surface area contributed by atoms with E-state index in [9.17, 15) is 4.79 Å². The number of aldehydes is 1. The van der Waals surface area contributed by atoms with Gasteiger partial charge < -0.3 is 4.57 Å². The lowest BCUT2D eigenvalue weighted by molar-refractivity contribution is 0.112. The lowest BCUT2D eigenvalue weighted by Crippen LogP contribution is -2.05. The number of nitrogens with zero attached hydrogens (tertiary/aromatic N) is 1. The summed E-state index contributed by atoms with van der Waals surface area (Å²) in [5.41, 5.74) is 4.34. The molecule has 2 heteroatoms. The van der Waals surface area contributed by atoms with Gasteiger partial charge >= 0.3 is 0 Å². The third-order valence-corrected chi connectivity index (χ3v) is 3.21. The third kappa shape index (κ3) is 2.47. The van der Waals surface area contributed by atoms with Crippen LogP contribution >= 0.6 is 0 Å². The largest absolute Gasteiger partial charge is 0.348 e. The van der Waals surface area contributed by atoms with Crippen LogP contribution < -0.4 is 0 Å². The maximum atomic E-state index is 10.9. The smallest absolute Gasteiger partial charge is 0.151 e. The van der Waals surface area contributed by atoms with Crippen molar-refractivity contribution in [2.24, 2.45) is 0 Å². The van der Waals surface area contributed by atoms with Crippen LogP contribution in [0, 0.1) is 13.8 Å². The maximum absolute atomic E-state index is 10.9. The van der Waals surface area contributed by atoms with Gasteiger partial charge in [0.1, 0.15) is 0 Å². The van der Waals surface area contributed by atoms with Crippen molar-refractivity contribution in [2.45, 2.75) is 26.8 Å². The average molecular weight is 227 g/mol. The fourth-order valence-corrected chi connectivity index (χ4v) is 2.18. The highest BCUT2D eigenvalue weighted by molar-refractivity contribution is 5.77. The fraction of sp³-hybridized carbons (Fsp3) is 0.267. The van der Waals surface area contributed by atoms with E-state index in [0.29, 0.717) is 0 Å². The number of aromatic nitrogens is 1. The van der Waals surface area contributed by atoms with Gasteiger partial charge in [-0.1, -0.05) is 30.3 Å². The zero-order chi connectivity index (χ0) is 12.3. The van der Waals surface area contributed by atoms with Crippen LogP contribution in [0.2, 0.25) is 0 Å². The van der Waals surface area contributed by atoms with Gasteiger partial charge in [-0.25, -0.2) is 0 Å². The number of benzene rings is 1. The minimum Gasteiger partial charge on any atom is -0.348 e. The molecule has 88 valence electrons. The molecule has 0 aliphatic heterocycles. The summed E-state index contributed by atoms with van der Waals surface area (Å²) >= 11 is 0. The Kier molecular flexibility index (Phi) is 3.43. The van der Waals surface area contributed by atoms with E-state index in [1.165, 1.54) is 5.56 Å². The topological polar surface area (TPSA) is 22.0 Å². The second-order valence-corrected chi connectivity index (χ2v) is 4.33. The molecule has 1 aromatic heterocycles. The molecule has 0 unspecified atom stereocenters. The Morgan fingerprint density at radius 2 is 1.88 bits per heavy atom. The molecule has 2 rings (SSSR count). The minimum absolute atomic E-state index is 0.801. The fourth-order valence-electron chi connectivity index (χ4n) is 2.18. The van der Waals surface area contributed by atoms with E-state index >= 15 is 0 Å². The molecule has 0 bridgehead atoms. The van der Waals surface area contributed by atoms with Gasteiger partial charge in [-0.05, 0) is 31.9 Å². The molecule has 1 heterocycles.